The predicted molar refractivity (Wildman–Crippen MR) is 242 cm³/mol. The van der Waals surface area contributed by atoms with Crippen molar-refractivity contribution in [2.75, 3.05) is 0 Å². The van der Waals surface area contributed by atoms with Crippen LogP contribution >= 0.6 is 0 Å². The number of para-hydroxylation sites is 2. The number of imidazole rings is 1. The molecule has 0 N–H and O–H groups in total. The van der Waals surface area contributed by atoms with Crippen molar-refractivity contribution < 1.29 is 0 Å². The van der Waals surface area contributed by atoms with Crippen molar-refractivity contribution in [3.8, 4) is 39.3 Å². The number of rotatable bonds is 4. The van der Waals surface area contributed by atoms with Crippen LogP contribution in [-0.2, 0) is 0 Å². The molecule has 12 rings (SSSR count). The highest BCUT2D eigenvalue weighted by atomic mass is 15.1. The van der Waals surface area contributed by atoms with Crippen LogP contribution in [0.1, 0.15) is 0 Å². The highest BCUT2D eigenvalue weighted by molar-refractivity contribution is 6.34. The van der Waals surface area contributed by atoms with Gasteiger partial charge in [0.25, 0.3) is 0 Å². The molecular formula is C55H34N2. The van der Waals surface area contributed by atoms with Gasteiger partial charge in [-0.25, -0.2) is 4.98 Å². The third-order valence-corrected chi connectivity index (χ3v) is 12.0. The summed E-state index contributed by atoms with van der Waals surface area (Å²) in [4.78, 5) is 5.07. The third-order valence-electron chi connectivity index (χ3n) is 12.0. The minimum absolute atomic E-state index is 0.940. The molecule has 0 saturated carbocycles. The van der Waals surface area contributed by atoms with Crippen LogP contribution in [0, 0.1) is 0 Å². The van der Waals surface area contributed by atoms with E-state index in [1.54, 1.807) is 0 Å². The molecule has 0 unspecified atom stereocenters. The molecule has 0 atom stereocenters. The van der Waals surface area contributed by atoms with Gasteiger partial charge in [0, 0.05) is 11.3 Å². The van der Waals surface area contributed by atoms with Crippen molar-refractivity contribution in [2.45, 2.75) is 0 Å². The number of aromatic nitrogens is 2. The quantitative estimate of drug-likeness (QED) is 0.165. The van der Waals surface area contributed by atoms with Crippen LogP contribution in [0.4, 0.5) is 0 Å². The van der Waals surface area contributed by atoms with E-state index in [0.717, 1.165) is 28.1 Å². The van der Waals surface area contributed by atoms with Gasteiger partial charge in [0.05, 0.1) is 11.0 Å². The number of hydrogen-bond acceptors (Lipinski definition) is 1. The van der Waals surface area contributed by atoms with Gasteiger partial charge >= 0.3 is 0 Å². The van der Waals surface area contributed by atoms with Crippen LogP contribution in [0.25, 0.3) is 115 Å². The average molecular weight is 723 g/mol. The molecular weight excluding hydrogens is 689 g/mol. The summed E-state index contributed by atoms with van der Waals surface area (Å²) >= 11 is 0. The molecule has 0 amide bonds. The topological polar surface area (TPSA) is 17.8 Å². The molecule has 1 aromatic heterocycles. The van der Waals surface area contributed by atoms with Gasteiger partial charge in [-0.2, -0.15) is 0 Å². The van der Waals surface area contributed by atoms with Crippen molar-refractivity contribution in [3.05, 3.63) is 206 Å². The van der Waals surface area contributed by atoms with E-state index >= 15 is 0 Å². The predicted octanol–water partition coefficient (Wildman–Crippen LogP) is 14.9. The fraction of sp³-hybridized carbons (Fsp3) is 0. The van der Waals surface area contributed by atoms with E-state index in [2.05, 4.69) is 211 Å². The first-order valence-corrected chi connectivity index (χ1v) is 19.6. The Hall–Kier alpha value is -7.55. The normalized spacial score (nSPS) is 11.9. The first-order chi connectivity index (χ1) is 28.3. The Balaban J connectivity index is 1.08. The standard InChI is InChI=1S/C55H34N2/c1-2-13-38(14-3-1)55-56-50-25-8-9-26-51(50)57(55)39-31-29-35(30-32-39)40-33-34-44(42-18-5-4-17-41(40)42)47-23-12-24-49-48-22-11-16-37-28-27-36-15-10-21-45(52(36)53(37)48)43-19-6-7-20-46(43)54(47)49/h1-34H. The Morgan fingerprint density at radius 2 is 0.825 bits per heavy atom. The molecule has 12 aromatic rings. The van der Waals surface area contributed by atoms with E-state index in [1.165, 1.54) is 86.9 Å². The highest BCUT2D eigenvalue weighted by Crippen LogP contribution is 2.45. The molecule has 0 fully saturated rings. The lowest BCUT2D eigenvalue weighted by Gasteiger charge is -2.17. The van der Waals surface area contributed by atoms with E-state index in [4.69, 9.17) is 4.98 Å². The van der Waals surface area contributed by atoms with Gasteiger partial charge < -0.3 is 0 Å². The average Bonchev–Trinajstić information content (AvgIpc) is 3.68. The zero-order valence-corrected chi connectivity index (χ0v) is 31.0. The lowest BCUT2D eigenvalue weighted by molar-refractivity contribution is 1.10. The Kier molecular flexibility index (Phi) is 6.96. The monoisotopic (exact) mass is 722 g/mol. The molecule has 0 aliphatic carbocycles. The Morgan fingerprint density at radius 3 is 1.56 bits per heavy atom. The number of hydrogen-bond donors (Lipinski definition) is 0. The second-order valence-electron chi connectivity index (χ2n) is 15.0. The van der Waals surface area contributed by atoms with Gasteiger partial charge in [0.1, 0.15) is 5.82 Å². The summed E-state index contributed by atoms with van der Waals surface area (Å²) in [5.74, 6) is 0.940. The summed E-state index contributed by atoms with van der Waals surface area (Å²) in [6, 6.07) is 75.3. The highest BCUT2D eigenvalue weighted by Gasteiger charge is 2.18. The van der Waals surface area contributed by atoms with E-state index < -0.39 is 0 Å². The van der Waals surface area contributed by atoms with E-state index in [9.17, 15) is 0 Å². The summed E-state index contributed by atoms with van der Waals surface area (Å²) < 4.78 is 2.27. The number of nitrogens with zero attached hydrogens (tertiary/aromatic N) is 2. The van der Waals surface area contributed by atoms with E-state index in [0.29, 0.717) is 0 Å². The van der Waals surface area contributed by atoms with Crippen molar-refractivity contribution in [3.63, 3.8) is 0 Å². The molecule has 2 heteroatoms. The van der Waals surface area contributed by atoms with Gasteiger partial charge in [-0.15, -0.1) is 0 Å². The molecule has 2 nitrogen and oxygen atoms in total. The molecule has 264 valence electrons. The maximum absolute atomic E-state index is 5.07. The smallest absolute Gasteiger partial charge is 0.145 e. The van der Waals surface area contributed by atoms with Crippen molar-refractivity contribution >= 4 is 75.7 Å². The fourth-order valence-electron chi connectivity index (χ4n) is 9.48. The third kappa shape index (κ3) is 4.81. The number of benzene rings is 10. The molecule has 0 aliphatic heterocycles. The van der Waals surface area contributed by atoms with Crippen LogP contribution in [0.5, 0.6) is 0 Å². The fourth-order valence-corrected chi connectivity index (χ4v) is 9.48. The first-order valence-electron chi connectivity index (χ1n) is 19.6. The minimum Gasteiger partial charge on any atom is -0.292 e. The molecule has 0 spiro atoms. The van der Waals surface area contributed by atoms with Gasteiger partial charge in [-0.1, -0.05) is 182 Å². The lowest BCUT2D eigenvalue weighted by Crippen LogP contribution is -1.97. The minimum atomic E-state index is 0.940. The first kappa shape index (κ1) is 31.8. The summed E-state index contributed by atoms with van der Waals surface area (Å²) in [6.45, 7) is 0. The summed E-state index contributed by atoms with van der Waals surface area (Å²) in [5, 5.41) is 15.3. The van der Waals surface area contributed by atoms with Crippen molar-refractivity contribution in [1.82, 2.24) is 9.55 Å². The lowest BCUT2D eigenvalue weighted by atomic mass is 9.86. The Labute approximate surface area is 329 Å². The Bertz CT molecular complexity index is 3560. The largest absolute Gasteiger partial charge is 0.292 e. The van der Waals surface area contributed by atoms with Gasteiger partial charge in [-0.05, 0) is 111 Å². The zero-order chi connectivity index (χ0) is 37.5. The van der Waals surface area contributed by atoms with Crippen LogP contribution in [0.3, 0.4) is 0 Å². The van der Waals surface area contributed by atoms with Crippen LogP contribution in [0.2, 0.25) is 0 Å². The van der Waals surface area contributed by atoms with Gasteiger partial charge in [0.15, 0.2) is 0 Å². The molecule has 0 saturated heterocycles. The van der Waals surface area contributed by atoms with Gasteiger partial charge in [0.2, 0.25) is 0 Å². The molecule has 0 radical (unpaired) electrons. The second-order valence-corrected chi connectivity index (χ2v) is 15.0. The maximum Gasteiger partial charge on any atom is 0.145 e. The van der Waals surface area contributed by atoms with Crippen molar-refractivity contribution in [2.24, 2.45) is 0 Å². The van der Waals surface area contributed by atoms with E-state index in [1.807, 2.05) is 0 Å². The molecule has 11 aromatic carbocycles. The van der Waals surface area contributed by atoms with Crippen LogP contribution in [-0.4, -0.2) is 9.55 Å². The SMILES string of the molecule is c1ccc(-c2nc3ccccc3n2-c2ccc(-c3ccc(-c4cccc5c6cccc7ccc8cccc(c9ccccc9c45)c8c76)c4ccccc34)cc2)cc1. The van der Waals surface area contributed by atoms with Crippen LogP contribution < -0.4 is 0 Å². The molecule has 0 bridgehead atoms. The van der Waals surface area contributed by atoms with Crippen LogP contribution in [0.15, 0.2) is 206 Å². The molecule has 1 heterocycles. The summed E-state index contributed by atoms with van der Waals surface area (Å²) in [5.41, 5.74) is 9.11. The second kappa shape index (κ2) is 12.5. The molecule has 0 aliphatic rings. The number of fused-ring (bicyclic) bond motifs is 7. The zero-order valence-electron chi connectivity index (χ0n) is 31.0. The van der Waals surface area contributed by atoms with E-state index in [-0.39, 0.29) is 0 Å². The van der Waals surface area contributed by atoms with Crippen molar-refractivity contribution in [1.29, 1.82) is 0 Å². The Morgan fingerprint density at radius 1 is 0.298 bits per heavy atom. The maximum atomic E-state index is 5.07. The summed E-state index contributed by atoms with van der Waals surface area (Å²) in [6.07, 6.45) is 0. The molecule has 57 heavy (non-hydrogen) atoms. The summed E-state index contributed by atoms with van der Waals surface area (Å²) in [7, 11) is 0. The van der Waals surface area contributed by atoms with Gasteiger partial charge in [-0.3, -0.25) is 4.57 Å².